The molecule has 2 N–H and O–H groups in total. The van der Waals surface area contributed by atoms with E-state index >= 15 is 0 Å². The van der Waals surface area contributed by atoms with Crippen LogP contribution in [0.5, 0.6) is 0 Å². The van der Waals surface area contributed by atoms with Gasteiger partial charge in [0.2, 0.25) is 0 Å². The summed E-state index contributed by atoms with van der Waals surface area (Å²) < 4.78 is 10.8. The van der Waals surface area contributed by atoms with Gasteiger partial charge >= 0.3 is 11.9 Å². The normalized spacial score (nSPS) is 50.1. The molecule has 0 bridgehead atoms. The third-order valence-electron chi connectivity index (χ3n) is 9.96. The third-order valence-corrected chi connectivity index (χ3v) is 9.96. The Balaban J connectivity index is 1.57. The van der Waals surface area contributed by atoms with E-state index in [1.54, 1.807) is 0 Å². The molecule has 0 radical (unpaired) electrons. The molecule has 170 valence electrons. The van der Waals surface area contributed by atoms with Crippen molar-refractivity contribution in [2.24, 2.45) is 28.6 Å². The number of rotatable bonds is 3. The molecule has 4 fully saturated rings. The first-order valence-corrected chi connectivity index (χ1v) is 11.7. The summed E-state index contributed by atoms with van der Waals surface area (Å²) in [6.45, 7) is 7.64. The van der Waals surface area contributed by atoms with Gasteiger partial charge in [-0.3, -0.25) is 9.59 Å². The number of aliphatic hydroxyl groups is 2. The first kappa shape index (κ1) is 22.1. The molecule has 8 atom stereocenters. The van der Waals surface area contributed by atoms with Crippen molar-refractivity contribution >= 4 is 11.9 Å². The zero-order valence-electron chi connectivity index (χ0n) is 18.9. The average molecular weight is 423 g/mol. The third kappa shape index (κ3) is 3.04. The quantitative estimate of drug-likeness (QED) is 0.678. The summed E-state index contributed by atoms with van der Waals surface area (Å²) in [7, 11) is 0. The Morgan fingerprint density at radius 2 is 1.53 bits per heavy atom. The molecule has 0 amide bonds. The predicted molar refractivity (Wildman–Crippen MR) is 110 cm³/mol. The summed E-state index contributed by atoms with van der Waals surface area (Å²) in [5.74, 6) is 0.0331. The summed E-state index contributed by atoms with van der Waals surface area (Å²) in [5.41, 5.74) is -2.17. The molecule has 30 heavy (non-hydrogen) atoms. The fourth-order valence-corrected chi connectivity index (χ4v) is 8.11. The van der Waals surface area contributed by atoms with Crippen LogP contribution in [0, 0.1) is 28.6 Å². The van der Waals surface area contributed by atoms with E-state index in [0.29, 0.717) is 19.4 Å². The lowest BCUT2D eigenvalue weighted by molar-refractivity contribution is -0.258. The maximum Gasteiger partial charge on any atom is 0.302 e. The highest BCUT2D eigenvalue weighted by Gasteiger charge is 2.69. The van der Waals surface area contributed by atoms with Gasteiger partial charge in [0.25, 0.3) is 0 Å². The topological polar surface area (TPSA) is 93.1 Å². The van der Waals surface area contributed by atoms with E-state index in [0.717, 1.165) is 44.9 Å². The standard InChI is InChI=1S/C24H38O6/c1-15(25)29-14-17-5-12-24(28)20-8-11-23(27)13-18(30-16(2)26)6-9-22(23,4)19(20)7-10-21(17,24)3/h17-20,27-28H,5-14H2,1-4H3/t17-,18+,19?,20?,21-,22-,23+,24+/m1/s1. The van der Waals surface area contributed by atoms with Crippen molar-refractivity contribution in [2.75, 3.05) is 6.61 Å². The molecule has 4 aliphatic carbocycles. The Morgan fingerprint density at radius 1 is 0.867 bits per heavy atom. The number of carbonyl (C=O) groups is 2. The number of hydrogen-bond acceptors (Lipinski definition) is 6. The van der Waals surface area contributed by atoms with Crippen molar-refractivity contribution < 1.29 is 29.3 Å². The van der Waals surface area contributed by atoms with Crippen molar-refractivity contribution in [2.45, 2.75) is 103 Å². The number of carbonyl (C=O) groups excluding carboxylic acids is 2. The number of ether oxygens (including phenoxy) is 2. The molecule has 6 heteroatoms. The van der Waals surface area contributed by atoms with E-state index in [4.69, 9.17) is 9.47 Å². The van der Waals surface area contributed by atoms with Gasteiger partial charge in [0.1, 0.15) is 6.10 Å². The van der Waals surface area contributed by atoms with Crippen molar-refractivity contribution in [1.82, 2.24) is 0 Å². The van der Waals surface area contributed by atoms with E-state index in [1.165, 1.54) is 13.8 Å². The highest BCUT2D eigenvalue weighted by molar-refractivity contribution is 5.66. The Hall–Kier alpha value is -1.14. The van der Waals surface area contributed by atoms with Crippen LogP contribution >= 0.6 is 0 Å². The summed E-state index contributed by atoms with van der Waals surface area (Å²) >= 11 is 0. The van der Waals surface area contributed by atoms with Crippen LogP contribution in [0.15, 0.2) is 0 Å². The minimum absolute atomic E-state index is 0.147. The minimum Gasteiger partial charge on any atom is -0.466 e. The smallest absolute Gasteiger partial charge is 0.302 e. The van der Waals surface area contributed by atoms with Crippen LogP contribution < -0.4 is 0 Å². The fourth-order valence-electron chi connectivity index (χ4n) is 8.11. The summed E-state index contributed by atoms with van der Waals surface area (Å²) in [6.07, 6.45) is 6.75. The van der Waals surface area contributed by atoms with E-state index in [-0.39, 0.29) is 46.6 Å². The van der Waals surface area contributed by atoms with E-state index in [2.05, 4.69) is 13.8 Å². The summed E-state index contributed by atoms with van der Waals surface area (Å²) in [4.78, 5) is 22.8. The van der Waals surface area contributed by atoms with Crippen molar-refractivity contribution in [3.63, 3.8) is 0 Å². The number of esters is 2. The Morgan fingerprint density at radius 3 is 2.20 bits per heavy atom. The molecule has 0 aromatic rings. The minimum atomic E-state index is -0.855. The van der Waals surface area contributed by atoms with Gasteiger partial charge in [-0.25, -0.2) is 0 Å². The molecular weight excluding hydrogens is 384 g/mol. The van der Waals surface area contributed by atoms with E-state index in [1.807, 2.05) is 0 Å². The van der Waals surface area contributed by atoms with Crippen molar-refractivity contribution in [3.8, 4) is 0 Å². The first-order valence-electron chi connectivity index (χ1n) is 11.7. The van der Waals surface area contributed by atoms with Crippen LogP contribution in [0.25, 0.3) is 0 Å². The van der Waals surface area contributed by atoms with Gasteiger partial charge in [-0.1, -0.05) is 13.8 Å². The first-order chi connectivity index (χ1) is 14.0. The Bertz CT molecular complexity index is 718. The summed E-state index contributed by atoms with van der Waals surface area (Å²) in [6, 6.07) is 0. The largest absolute Gasteiger partial charge is 0.466 e. The van der Waals surface area contributed by atoms with Gasteiger partial charge in [-0.15, -0.1) is 0 Å². The van der Waals surface area contributed by atoms with Gasteiger partial charge in [-0.05, 0) is 68.6 Å². The molecule has 4 rings (SSSR count). The lowest BCUT2D eigenvalue weighted by atomic mass is 9.42. The van der Waals surface area contributed by atoms with Gasteiger partial charge in [-0.2, -0.15) is 0 Å². The zero-order valence-corrected chi connectivity index (χ0v) is 18.9. The average Bonchev–Trinajstić information content (AvgIpc) is 2.91. The van der Waals surface area contributed by atoms with Crippen LogP contribution in [0.3, 0.4) is 0 Å². The highest BCUT2D eigenvalue weighted by atomic mass is 16.5. The maximum absolute atomic E-state index is 12.1. The molecule has 4 saturated carbocycles. The zero-order chi connectivity index (χ0) is 21.9. The highest BCUT2D eigenvalue weighted by Crippen LogP contribution is 2.69. The van der Waals surface area contributed by atoms with Gasteiger partial charge in [0.05, 0.1) is 17.8 Å². The number of fused-ring (bicyclic) bond motifs is 5. The van der Waals surface area contributed by atoms with Crippen molar-refractivity contribution in [1.29, 1.82) is 0 Å². The fraction of sp³-hybridized carbons (Fsp3) is 0.917. The molecule has 0 aliphatic heterocycles. The molecule has 2 unspecified atom stereocenters. The Labute approximate surface area is 179 Å². The van der Waals surface area contributed by atoms with Crippen LogP contribution in [0.2, 0.25) is 0 Å². The van der Waals surface area contributed by atoms with Crippen LogP contribution in [-0.2, 0) is 19.1 Å². The molecule has 0 saturated heterocycles. The number of hydrogen-bond donors (Lipinski definition) is 2. The summed E-state index contributed by atoms with van der Waals surface area (Å²) in [5, 5.41) is 23.8. The maximum atomic E-state index is 12.1. The van der Waals surface area contributed by atoms with Gasteiger partial charge in [0.15, 0.2) is 0 Å². The second-order valence-corrected chi connectivity index (χ2v) is 11.1. The second-order valence-electron chi connectivity index (χ2n) is 11.1. The van der Waals surface area contributed by atoms with E-state index < -0.39 is 11.2 Å². The predicted octanol–water partition coefficient (Wildman–Crippen LogP) is 3.37. The van der Waals surface area contributed by atoms with Gasteiger partial charge < -0.3 is 19.7 Å². The molecule has 6 nitrogen and oxygen atoms in total. The van der Waals surface area contributed by atoms with Crippen LogP contribution in [0.1, 0.15) is 85.5 Å². The molecule has 0 aromatic heterocycles. The van der Waals surface area contributed by atoms with E-state index in [9.17, 15) is 19.8 Å². The lowest BCUT2D eigenvalue weighted by Crippen LogP contribution is -2.67. The Kier molecular flexibility index (Phi) is 5.29. The van der Waals surface area contributed by atoms with Crippen molar-refractivity contribution in [3.05, 3.63) is 0 Å². The second kappa shape index (κ2) is 7.19. The SMILES string of the molecule is CC(=O)OC[C@H]1CC[C@]2(O)C3CC[C@]4(O)C[C@@H](OC(C)=O)CC[C@]4(C)C3CC[C@]12C. The van der Waals surface area contributed by atoms with Crippen LogP contribution in [0.4, 0.5) is 0 Å². The van der Waals surface area contributed by atoms with Gasteiger partial charge in [0, 0.05) is 31.6 Å². The van der Waals surface area contributed by atoms with Crippen LogP contribution in [-0.4, -0.2) is 46.1 Å². The molecule has 4 aliphatic rings. The monoisotopic (exact) mass is 422 g/mol. The molecular formula is C24H38O6. The lowest BCUT2D eigenvalue weighted by Gasteiger charge is -2.66. The molecule has 0 aromatic carbocycles. The molecule has 0 spiro atoms. The molecule has 0 heterocycles.